The average Bonchev–Trinajstić information content (AvgIpc) is 1.64. The molecule has 0 atom stereocenters. The van der Waals surface area contributed by atoms with E-state index in [0.717, 1.165) is 0 Å². The number of aromatic nitrogens is 3. The molecule has 4 aliphatic heterocycles. The van der Waals surface area contributed by atoms with Gasteiger partial charge < -0.3 is 13.7 Å². The average molecular weight is 1080 g/mol. The molecule has 0 saturated carbocycles. The minimum atomic E-state index is -0.0964. The Bertz CT molecular complexity index is 4930. The molecule has 5 heteroatoms. The minimum absolute atomic E-state index is 0.00242. The van der Waals surface area contributed by atoms with E-state index in [0.29, 0.717) is 0 Å². The molecule has 0 aliphatic carbocycles. The van der Waals surface area contributed by atoms with Crippen molar-refractivity contribution in [3.8, 4) is 39.3 Å². The van der Waals surface area contributed by atoms with E-state index in [4.69, 9.17) is 0 Å². The molecule has 0 saturated heterocycles. The molecule has 16 rings (SSSR count). The highest BCUT2D eigenvalue weighted by atomic mass is 15.1. The maximum atomic E-state index is 2.82. The highest BCUT2D eigenvalue weighted by Crippen LogP contribution is 2.47. The summed E-state index contributed by atoms with van der Waals surface area (Å²) < 4.78 is 8.28. The molecular weight excluding hydrogens is 1000 g/mol. The molecule has 0 radical (unpaired) electrons. The molecule has 83 heavy (non-hydrogen) atoms. The van der Waals surface area contributed by atoms with Gasteiger partial charge in [-0.25, -0.2) is 0 Å². The third-order valence-corrected chi connectivity index (χ3v) is 20.3. The van der Waals surface area contributed by atoms with Crippen LogP contribution in [0.3, 0.4) is 0 Å². The fourth-order valence-electron chi connectivity index (χ4n) is 15.5. The van der Waals surface area contributed by atoms with Crippen molar-refractivity contribution in [1.29, 1.82) is 0 Å². The van der Waals surface area contributed by atoms with E-state index < -0.39 is 0 Å². The third kappa shape index (κ3) is 6.89. The van der Waals surface area contributed by atoms with Gasteiger partial charge in [0.05, 0.1) is 11.0 Å². The van der Waals surface area contributed by atoms with Crippen LogP contribution in [0.5, 0.6) is 0 Å². The molecule has 3 nitrogen and oxygen atoms in total. The summed E-state index contributed by atoms with van der Waals surface area (Å²) in [4.78, 5) is 0. The Hall–Kier alpha value is -7.49. The van der Waals surface area contributed by atoms with Crippen LogP contribution in [0, 0.1) is 0 Å². The Balaban J connectivity index is 1.12. The quantitative estimate of drug-likeness (QED) is 0.153. The third-order valence-electron chi connectivity index (χ3n) is 20.3. The maximum absolute atomic E-state index is 2.82. The topological polar surface area (TPSA) is 14.8 Å². The van der Waals surface area contributed by atoms with Gasteiger partial charge in [0, 0.05) is 71.4 Å². The lowest BCUT2D eigenvalue weighted by atomic mass is 9.29. The van der Waals surface area contributed by atoms with Crippen molar-refractivity contribution >= 4 is 112 Å². The summed E-state index contributed by atoms with van der Waals surface area (Å²) in [6.07, 6.45) is 0. The fraction of sp³-hybridized carbons (Fsp3) is 0.308. The summed E-state index contributed by atoms with van der Waals surface area (Å²) in [5, 5.41) is 8.07. The number of rotatable bonds is 2. The summed E-state index contributed by atoms with van der Waals surface area (Å²) in [6.45, 7) is 42.7. The van der Waals surface area contributed by atoms with Crippen LogP contribution in [-0.4, -0.2) is 27.1 Å². The Morgan fingerprint density at radius 3 is 1.00 bits per heavy atom. The zero-order valence-electron chi connectivity index (χ0n) is 52.3. The number of benzene rings is 9. The van der Waals surface area contributed by atoms with Crippen molar-refractivity contribution in [2.45, 2.75) is 157 Å². The molecule has 0 fully saturated rings. The summed E-state index contributed by atoms with van der Waals surface area (Å²) in [6, 6.07) is 57.2. The van der Waals surface area contributed by atoms with Gasteiger partial charge in [-0.1, -0.05) is 210 Å². The second-order valence-corrected chi connectivity index (χ2v) is 31.9. The van der Waals surface area contributed by atoms with E-state index >= 15 is 0 Å². The smallest absolute Gasteiger partial charge is 0.252 e. The summed E-state index contributed by atoms with van der Waals surface area (Å²) in [5.41, 5.74) is 33.6. The van der Waals surface area contributed by atoms with Crippen molar-refractivity contribution < 1.29 is 0 Å². The van der Waals surface area contributed by atoms with Crippen molar-refractivity contribution in [2.24, 2.45) is 0 Å². The van der Waals surface area contributed by atoms with Gasteiger partial charge in [-0.2, -0.15) is 0 Å². The van der Waals surface area contributed by atoms with Gasteiger partial charge in [-0.05, 0) is 175 Å². The van der Waals surface area contributed by atoms with Crippen LogP contribution < -0.4 is 32.8 Å². The molecular formula is C78H77B2N3. The summed E-state index contributed by atoms with van der Waals surface area (Å²) in [7, 11) is 0. The van der Waals surface area contributed by atoms with E-state index in [9.17, 15) is 0 Å². The maximum Gasteiger partial charge on any atom is 0.252 e. The van der Waals surface area contributed by atoms with Crippen LogP contribution in [0.1, 0.15) is 158 Å². The first-order valence-corrected chi connectivity index (χ1v) is 30.8. The normalized spacial score (nSPS) is 14.6. The van der Waals surface area contributed by atoms with Crippen LogP contribution in [-0.2, 0) is 32.5 Å². The Kier molecular flexibility index (Phi) is 9.76. The van der Waals surface area contributed by atoms with Crippen LogP contribution in [0.15, 0.2) is 140 Å². The molecule has 3 aromatic heterocycles. The van der Waals surface area contributed by atoms with E-state index in [1.54, 1.807) is 0 Å². The van der Waals surface area contributed by atoms with Gasteiger partial charge in [0.2, 0.25) is 0 Å². The van der Waals surface area contributed by atoms with Crippen molar-refractivity contribution in [1.82, 2.24) is 13.7 Å². The Labute approximate surface area is 491 Å². The van der Waals surface area contributed by atoms with Gasteiger partial charge in [0.15, 0.2) is 0 Å². The molecule has 9 aromatic carbocycles. The van der Waals surface area contributed by atoms with Crippen LogP contribution >= 0.6 is 0 Å². The first-order valence-electron chi connectivity index (χ1n) is 30.8. The van der Waals surface area contributed by atoms with Gasteiger partial charge in [0.25, 0.3) is 13.4 Å². The van der Waals surface area contributed by atoms with E-state index in [-0.39, 0.29) is 45.9 Å². The van der Waals surface area contributed by atoms with Crippen molar-refractivity contribution in [2.75, 3.05) is 0 Å². The molecule has 0 bridgehead atoms. The van der Waals surface area contributed by atoms with Crippen LogP contribution in [0.4, 0.5) is 0 Å². The molecule has 0 unspecified atom stereocenters. The highest BCUT2D eigenvalue weighted by molar-refractivity contribution is 7.04. The molecule has 0 amide bonds. The Morgan fingerprint density at radius 1 is 0.253 bits per heavy atom. The largest absolute Gasteiger partial charge is 0.311 e. The highest BCUT2D eigenvalue weighted by Gasteiger charge is 2.50. The molecule has 410 valence electrons. The second-order valence-electron chi connectivity index (χ2n) is 31.9. The fourth-order valence-corrected chi connectivity index (χ4v) is 15.5. The van der Waals surface area contributed by atoms with Gasteiger partial charge in [0.1, 0.15) is 0 Å². The van der Waals surface area contributed by atoms with E-state index in [2.05, 4.69) is 278 Å². The SMILES string of the molecule is CC(C)(C)c1ccc(-c2ccc3c(c2)c2cc(-c4ccc(C(C)(C)C)cc4)cc4c2n3-c2cc3c5c6c2B4c2cc(C(C)(C)C)cc4c7cc(C(C)(C)C)cc(c7n-6c24)B5c2cc(C(C)(C)C)cc4c5cc(C(C)(C)C)ccc5n-3c24)cc1. The minimum Gasteiger partial charge on any atom is -0.311 e. The predicted octanol–water partition coefficient (Wildman–Crippen LogP) is 16.4. The van der Waals surface area contributed by atoms with Crippen molar-refractivity contribution in [3.63, 3.8) is 0 Å². The molecule has 0 N–H and O–H groups in total. The lowest BCUT2D eigenvalue weighted by molar-refractivity contribution is 0.590. The lowest BCUT2D eigenvalue weighted by Crippen LogP contribution is -2.66. The standard InChI is InChI=1S/C78H77B2N3/c1-73(2,3)46-24-19-42(20-25-46)44-23-29-62-52(31-44)54-32-45(43-21-26-47(27-22-43)74(4,5)6)33-58-68(54)81(62)64-41-65-67-72-66(64)79(58)60-39-50(77(13,14)15)36-56-57-37-51(78(16,17)18)40-61(71(57)83(72)70(56)60)80(67)59-38-49(76(10,11)12)35-55-53-34-48(75(7,8)9)28-30-63(53)82(65)69(55)59/h19-41H,1-18H3. The Morgan fingerprint density at radius 2 is 0.566 bits per heavy atom. The molecule has 12 aromatic rings. The number of hydrogen-bond donors (Lipinski definition) is 0. The zero-order valence-corrected chi connectivity index (χ0v) is 52.3. The molecule has 4 aliphatic rings. The van der Waals surface area contributed by atoms with Gasteiger partial charge in [-0.15, -0.1) is 0 Å². The van der Waals surface area contributed by atoms with Gasteiger partial charge in [-0.3, -0.25) is 0 Å². The summed E-state index contributed by atoms with van der Waals surface area (Å²) >= 11 is 0. The number of fused-ring (bicyclic) bond motifs is 13. The lowest BCUT2D eigenvalue weighted by Gasteiger charge is -2.42. The zero-order chi connectivity index (χ0) is 58.0. The van der Waals surface area contributed by atoms with Crippen LogP contribution in [0.2, 0.25) is 0 Å². The molecule has 0 spiro atoms. The van der Waals surface area contributed by atoms with Gasteiger partial charge >= 0.3 is 0 Å². The number of nitrogens with zero attached hydrogens (tertiary/aromatic N) is 3. The summed E-state index contributed by atoms with van der Waals surface area (Å²) in [5.74, 6) is 0. The van der Waals surface area contributed by atoms with Crippen LogP contribution in [0.25, 0.3) is 105 Å². The van der Waals surface area contributed by atoms with Crippen molar-refractivity contribution in [3.05, 3.63) is 173 Å². The first kappa shape index (κ1) is 51.2. The number of hydrogen-bond acceptors (Lipinski definition) is 0. The first-order chi connectivity index (χ1) is 38.9. The van der Waals surface area contributed by atoms with E-state index in [1.807, 2.05) is 0 Å². The predicted molar refractivity (Wildman–Crippen MR) is 362 cm³/mol. The second kappa shape index (κ2) is 15.8. The van der Waals surface area contributed by atoms with E-state index in [1.165, 1.54) is 171 Å². The molecule has 7 heterocycles. The monoisotopic (exact) mass is 1080 g/mol.